The minimum Gasteiger partial charge on any atom is -0.396 e. The van der Waals surface area contributed by atoms with Crippen molar-refractivity contribution in [3.05, 3.63) is 0 Å². The van der Waals surface area contributed by atoms with Gasteiger partial charge >= 0.3 is 0 Å². The topological polar surface area (TPSA) is 35.5 Å². The number of nitrogens with one attached hydrogen (secondary N) is 1. The predicted molar refractivity (Wildman–Crippen MR) is 66.1 cm³/mol. The molecule has 0 spiro atoms. The summed E-state index contributed by atoms with van der Waals surface area (Å²) < 4.78 is 0. The fourth-order valence-corrected chi connectivity index (χ4v) is 1.86. The number of hydrogen-bond donors (Lipinski definition) is 2. The zero-order valence-electron chi connectivity index (χ0n) is 10.8. The Morgan fingerprint density at radius 3 is 2.27 bits per heavy atom. The van der Waals surface area contributed by atoms with E-state index < -0.39 is 0 Å². The van der Waals surface area contributed by atoms with Gasteiger partial charge in [-0.15, -0.1) is 0 Å². The molecule has 0 aliphatic rings. The first-order chi connectivity index (χ1) is 7.13. The predicted octanol–water partition coefficient (Wildman–Crippen LogP) is 1.32. The average molecular weight is 216 g/mol. The molecule has 0 radical (unpaired) electrons. The minimum absolute atomic E-state index is 0.275. The lowest BCUT2D eigenvalue weighted by atomic mass is 10.1. The first-order valence-electron chi connectivity index (χ1n) is 6.20. The van der Waals surface area contributed by atoms with Gasteiger partial charge in [0.2, 0.25) is 0 Å². The van der Waals surface area contributed by atoms with Gasteiger partial charge in [-0.05, 0) is 25.4 Å². The molecule has 0 amide bonds. The van der Waals surface area contributed by atoms with Crippen molar-refractivity contribution in [2.24, 2.45) is 5.92 Å². The molecule has 0 heterocycles. The zero-order chi connectivity index (χ0) is 11.7. The molecule has 0 saturated carbocycles. The van der Waals surface area contributed by atoms with Gasteiger partial charge in [-0.3, -0.25) is 0 Å². The number of likely N-dealkylation sites (N-methyl/N-ethyl adjacent to an activating group) is 2. The number of rotatable bonds is 9. The molecule has 1 unspecified atom stereocenters. The highest BCUT2D eigenvalue weighted by Gasteiger charge is 2.12. The normalized spacial score (nSPS) is 13.8. The first-order valence-corrected chi connectivity index (χ1v) is 6.20. The molecule has 15 heavy (non-hydrogen) atoms. The summed E-state index contributed by atoms with van der Waals surface area (Å²) in [4.78, 5) is 2.45. The van der Waals surface area contributed by atoms with Crippen molar-refractivity contribution in [2.45, 2.75) is 40.2 Å². The quantitative estimate of drug-likeness (QED) is 0.610. The van der Waals surface area contributed by atoms with Crippen LogP contribution in [-0.4, -0.2) is 48.8 Å². The highest BCUT2D eigenvalue weighted by Crippen LogP contribution is 2.02. The summed E-state index contributed by atoms with van der Waals surface area (Å²) in [6, 6.07) is 0.429. The van der Waals surface area contributed by atoms with Crippen LogP contribution in [0.2, 0.25) is 0 Å². The molecular formula is C12H28N2O. The van der Waals surface area contributed by atoms with Crippen LogP contribution in [0.5, 0.6) is 0 Å². The standard InChI is InChI=1S/C12H28N2O/c1-5-13-12(7-8-15)10-14(6-2)9-11(3)4/h11-13,15H,5-10H2,1-4H3. The summed E-state index contributed by atoms with van der Waals surface area (Å²) in [5, 5.41) is 12.4. The maximum absolute atomic E-state index is 8.97. The second-order valence-corrected chi connectivity index (χ2v) is 4.51. The van der Waals surface area contributed by atoms with Gasteiger partial charge in [0, 0.05) is 25.7 Å². The molecule has 2 N–H and O–H groups in total. The van der Waals surface area contributed by atoms with E-state index in [2.05, 4.69) is 37.9 Å². The molecule has 1 atom stereocenters. The van der Waals surface area contributed by atoms with E-state index in [0.29, 0.717) is 12.0 Å². The second-order valence-electron chi connectivity index (χ2n) is 4.51. The SMILES string of the molecule is CCNC(CCO)CN(CC)CC(C)C. The highest BCUT2D eigenvalue weighted by atomic mass is 16.3. The van der Waals surface area contributed by atoms with E-state index in [1.165, 1.54) is 0 Å². The van der Waals surface area contributed by atoms with Crippen molar-refractivity contribution in [3.63, 3.8) is 0 Å². The second kappa shape index (κ2) is 9.13. The van der Waals surface area contributed by atoms with Crippen molar-refractivity contribution in [1.82, 2.24) is 10.2 Å². The van der Waals surface area contributed by atoms with Gasteiger partial charge in [-0.25, -0.2) is 0 Å². The summed E-state index contributed by atoms with van der Waals surface area (Å²) in [6.45, 7) is 13.3. The summed E-state index contributed by atoms with van der Waals surface area (Å²) in [7, 11) is 0. The van der Waals surface area contributed by atoms with E-state index >= 15 is 0 Å². The van der Waals surface area contributed by atoms with Gasteiger partial charge in [0.05, 0.1) is 0 Å². The van der Waals surface area contributed by atoms with Crippen LogP contribution in [0, 0.1) is 5.92 Å². The number of hydrogen-bond acceptors (Lipinski definition) is 3. The van der Waals surface area contributed by atoms with E-state index in [1.807, 2.05) is 0 Å². The average Bonchev–Trinajstić information content (AvgIpc) is 2.16. The third-order valence-electron chi connectivity index (χ3n) is 2.52. The van der Waals surface area contributed by atoms with E-state index in [9.17, 15) is 0 Å². The molecule has 0 fully saturated rings. The van der Waals surface area contributed by atoms with E-state index in [1.54, 1.807) is 0 Å². The Kier molecular flexibility index (Phi) is 9.06. The third kappa shape index (κ3) is 7.77. The molecule has 0 aromatic rings. The molecule has 0 aliphatic heterocycles. The molecule has 0 aromatic heterocycles. The third-order valence-corrected chi connectivity index (χ3v) is 2.52. The van der Waals surface area contributed by atoms with Gasteiger partial charge < -0.3 is 15.3 Å². The molecule has 0 aliphatic carbocycles. The Morgan fingerprint density at radius 2 is 1.87 bits per heavy atom. The molecular weight excluding hydrogens is 188 g/mol. The molecule has 0 aromatic carbocycles. The Labute approximate surface area is 94.9 Å². The van der Waals surface area contributed by atoms with Crippen LogP contribution < -0.4 is 5.32 Å². The largest absolute Gasteiger partial charge is 0.396 e. The lowest BCUT2D eigenvalue weighted by Crippen LogP contribution is -2.42. The molecule has 3 nitrogen and oxygen atoms in total. The monoisotopic (exact) mass is 216 g/mol. The Balaban J connectivity index is 3.96. The van der Waals surface area contributed by atoms with Crippen LogP contribution in [-0.2, 0) is 0 Å². The van der Waals surface area contributed by atoms with Crippen molar-refractivity contribution < 1.29 is 5.11 Å². The molecule has 0 bridgehead atoms. The van der Waals surface area contributed by atoms with E-state index in [-0.39, 0.29) is 6.61 Å². The fraction of sp³-hybridized carbons (Fsp3) is 1.00. The Bertz CT molecular complexity index is 134. The van der Waals surface area contributed by atoms with Crippen LogP contribution in [0.3, 0.4) is 0 Å². The van der Waals surface area contributed by atoms with Gasteiger partial charge in [0.15, 0.2) is 0 Å². The van der Waals surface area contributed by atoms with Crippen LogP contribution in [0.15, 0.2) is 0 Å². The first kappa shape index (κ1) is 14.9. The smallest absolute Gasteiger partial charge is 0.0446 e. The summed E-state index contributed by atoms with van der Waals surface area (Å²) in [5.74, 6) is 0.710. The Morgan fingerprint density at radius 1 is 1.20 bits per heavy atom. The number of nitrogens with zero attached hydrogens (tertiary/aromatic N) is 1. The zero-order valence-corrected chi connectivity index (χ0v) is 10.8. The summed E-state index contributed by atoms with van der Waals surface area (Å²) in [5.41, 5.74) is 0. The van der Waals surface area contributed by atoms with Crippen LogP contribution in [0.25, 0.3) is 0 Å². The van der Waals surface area contributed by atoms with Gasteiger partial charge in [0.1, 0.15) is 0 Å². The molecule has 3 heteroatoms. The maximum Gasteiger partial charge on any atom is 0.0446 e. The highest BCUT2D eigenvalue weighted by molar-refractivity contribution is 4.71. The summed E-state index contributed by atoms with van der Waals surface area (Å²) in [6.07, 6.45) is 0.850. The lowest BCUT2D eigenvalue weighted by Gasteiger charge is -2.28. The van der Waals surface area contributed by atoms with Crippen LogP contribution in [0.4, 0.5) is 0 Å². The van der Waals surface area contributed by atoms with Gasteiger partial charge in [-0.2, -0.15) is 0 Å². The maximum atomic E-state index is 8.97. The van der Waals surface area contributed by atoms with Gasteiger partial charge in [-0.1, -0.05) is 27.7 Å². The lowest BCUT2D eigenvalue weighted by molar-refractivity contribution is 0.201. The molecule has 0 saturated heterocycles. The van der Waals surface area contributed by atoms with Crippen molar-refractivity contribution in [3.8, 4) is 0 Å². The van der Waals surface area contributed by atoms with Gasteiger partial charge in [0.25, 0.3) is 0 Å². The van der Waals surface area contributed by atoms with Crippen molar-refractivity contribution in [2.75, 3.05) is 32.8 Å². The van der Waals surface area contributed by atoms with Crippen LogP contribution >= 0.6 is 0 Å². The van der Waals surface area contributed by atoms with Crippen LogP contribution in [0.1, 0.15) is 34.1 Å². The van der Waals surface area contributed by atoms with Crippen molar-refractivity contribution in [1.29, 1.82) is 0 Å². The fourth-order valence-electron chi connectivity index (χ4n) is 1.86. The van der Waals surface area contributed by atoms with Crippen molar-refractivity contribution >= 4 is 0 Å². The van der Waals surface area contributed by atoms with E-state index in [4.69, 9.17) is 5.11 Å². The number of aliphatic hydroxyl groups excluding tert-OH is 1. The minimum atomic E-state index is 0.275. The van der Waals surface area contributed by atoms with E-state index in [0.717, 1.165) is 32.6 Å². The molecule has 92 valence electrons. The molecule has 0 rings (SSSR count). The Hall–Kier alpha value is -0.120. The summed E-state index contributed by atoms with van der Waals surface area (Å²) >= 11 is 0. The number of aliphatic hydroxyl groups is 1.